The average molecular weight is 791 g/mol. The first-order chi connectivity index (χ1) is 25.8. The zero-order chi connectivity index (χ0) is 39.0. The van der Waals surface area contributed by atoms with E-state index in [9.17, 15) is 33.6 Å². The first-order valence-corrected chi connectivity index (χ1v) is 20.1. The summed E-state index contributed by atoms with van der Waals surface area (Å²) in [6.45, 7) is 2.81. The molecule has 2 aromatic carbocycles. The van der Waals surface area contributed by atoms with Crippen LogP contribution in [0.3, 0.4) is 0 Å². The number of ether oxygens (including phenoxy) is 2. The molecule has 0 aliphatic heterocycles. The van der Waals surface area contributed by atoms with Gasteiger partial charge in [-0.25, -0.2) is 13.2 Å². The number of aromatic nitrogens is 1. The minimum absolute atomic E-state index is 0.0899. The molecule has 0 spiro atoms. The van der Waals surface area contributed by atoms with Crippen molar-refractivity contribution in [3.8, 4) is 16.9 Å². The van der Waals surface area contributed by atoms with Crippen LogP contribution in [0.25, 0.3) is 11.1 Å². The van der Waals surface area contributed by atoms with E-state index < -0.39 is 59.2 Å². The van der Waals surface area contributed by atoms with Crippen molar-refractivity contribution in [1.82, 2.24) is 19.9 Å². The minimum Gasteiger partial charge on any atom is -0.490 e. The number of aliphatic hydroxyl groups is 5. The predicted octanol–water partition coefficient (Wildman–Crippen LogP) is 3.06. The van der Waals surface area contributed by atoms with Gasteiger partial charge < -0.3 is 45.6 Å². The molecule has 0 bridgehead atoms. The van der Waals surface area contributed by atoms with Crippen molar-refractivity contribution in [3.63, 3.8) is 0 Å². The highest BCUT2D eigenvalue weighted by Gasteiger charge is 2.48. The van der Waals surface area contributed by atoms with Crippen LogP contribution in [0.1, 0.15) is 63.5 Å². The number of urea groups is 1. The molecule has 7 N–H and O–H groups in total. The Morgan fingerprint density at radius 1 is 1.00 bits per heavy atom. The molecule has 4 atom stereocenters. The maximum Gasteiger partial charge on any atom is 0.314 e. The van der Waals surface area contributed by atoms with Crippen molar-refractivity contribution in [2.24, 2.45) is 0 Å². The molecule has 3 aromatic rings. The van der Waals surface area contributed by atoms with Crippen LogP contribution in [0.5, 0.6) is 5.75 Å². The van der Waals surface area contributed by atoms with Crippen LogP contribution in [-0.4, -0.2) is 112 Å². The number of carbonyl (C=O) groups is 1. The summed E-state index contributed by atoms with van der Waals surface area (Å²) >= 11 is 6.60. The summed E-state index contributed by atoms with van der Waals surface area (Å²) < 4.78 is 42.0. The summed E-state index contributed by atoms with van der Waals surface area (Å²) in [6.07, 6.45) is 1.49. The molecule has 1 aromatic heterocycles. The molecule has 16 heteroatoms. The molecule has 14 nitrogen and oxygen atoms in total. The number of para-hydroxylation sites is 1. The van der Waals surface area contributed by atoms with Gasteiger partial charge in [0.15, 0.2) is 0 Å². The molecule has 2 aliphatic carbocycles. The largest absolute Gasteiger partial charge is 0.490 e. The third-order valence-electron chi connectivity index (χ3n) is 9.60. The molecule has 1 heterocycles. The van der Waals surface area contributed by atoms with E-state index in [0.717, 1.165) is 48.1 Å². The second-order valence-electron chi connectivity index (χ2n) is 14.1. The lowest BCUT2D eigenvalue weighted by Crippen LogP contribution is -2.50. The van der Waals surface area contributed by atoms with Crippen LogP contribution in [0.4, 0.5) is 4.79 Å². The fourth-order valence-electron chi connectivity index (χ4n) is 6.12. The van der Waals surface area contributed by atoms with E-state index in [1.54, 1.807) is 32.2 Å². The van der Waals surface area contributed by atoms with Crippen molar-refractivity contribution >= 4 is 27.7 Å². The van der Waals surface area contributed by atoms with E-state index >= 15 is 0 Å². The third kappa shape index (κ3) is 10.5. The molecule has 4 unspecified atom stereocenters. The number of benzene rings is 2. The van der Waals surface area contributed by atoms with Gasteiger partial charge in [-0.1, -0.05) is 29.8 Å². The number of nitrogens with one attached hydrogen (secondary N) is 2. The van der Waals surface area contributed by atoms with E-state index in [-0.39, 0.29) is 36.7 Å². The first kappa shape index (κ1) is 41.8. The summed E-state index contributed by atoms with van der Waals surface area (Å²) in [6, 6.07) is 13.5. The standard InChI is InChI=1S/C38H51ClN4O10S/c1-24(2)43(18-6-5-16-41-37(49)42-21-32(45)35(47)36(48)33(46)22-44)54(50,51)27-11-12-31(39)25(19-27)23-52-38(14-15-38)30-20-40-17-13-28(30)29-7-3-4-8-34(29)53-26-9-10-26/h3-4,7-8,11-13,17,19-20,24,26,32-33,35-36,44-48H,5-6,9-10,14-16,18,21-23H2,1-2H3,(H2,41,42,49). The second-order valence-corrected chi connectivity index (χ2v) is 16.4. The van der Waals surface area contributed by atoms with Crippen molar-refractivity contribution < 1.29 is 48.2 Å². The molecule has 5 rings (SSSR count). The van der Waals surface area contributed by atoms with Gasteiger partial charge in [0.25, 0.3) is 0 Å². The number of hydrogen-bond donors (Lipinski definition) is 7. The highest BCUT2D eigenvalue weighted by atomic mass is 35.5. The van der Waals surface area contributed by atoms with Gasteiger partial charge in [-0.05, 0) is 93.8 Å². The predicted molar refractivity (Wildman–Crippen MR) is 201 cm³/mol. The lowest BCUT2D eigenvalue weighted by Gasteiger charge is -2.26. The van der Waals surface area contributed by atoms with Gasteiger partial charge in [0.05, 0.1) is 35.9 Å². The quantitative estimate of drug-likeness (QED) is 0.0780. The molecule has 0 radical (unpaired) electrons. The topological polar surface area (TPSA) is 211 Å². The number of hydrogen-bond acceptors (Lipinski definition) is 11. The van der Waals surface area contributed by atoms with Crippen LogP contribution >= 0.6 is 11.6 Å². The molecule has 296 valence electrons. The van der Waals surface area contributed by atoms with Gasteiger partial charge in [0, 0.05) is 54.2 Å². The lowest BCUT2D eigenvalue weighted by atomic mass is 9.96. The Balaban J connectivity index is 1.17. The number of halogens is 1. The number of rotatable bonds is 21. The number of carbonyl (C=O) groups excluding carboxylic acids is 1. The molecule has 54 heavy (non-hydrogen) atoms. The number of sulfonamides is 1. The van der Waals surface area contributed by atoms with Crippen LogP contribution in [0, 0.1) is 0 Å². The summed E-state index contributed by atoms with van der Waals surface area (Å²) in [5, 5.41) is 53.2. The zero-order valence-electron chi connectivity index (χ0n) is 30.5. The van der Waals surface area contributed by atoms with E-state index in [4.69, 9.17) is 26.2 Å². The van der Waals surface area contributed by atoms with Crippen molar-refractivity contribution in [2.45, 2.75) is 106 Å². The van der Waals surface area contributed by atoms with Gasteiger partial charge in [0.2, 0.25) is 10.0 Å². The average Bonchev–Trinajstić information content (AvgIpc) is 4.11. The van der Waals surface area contributed by atoms with Gasteiger partial charge in [-0.15, -0.1) is 0 Å². The van der Waals surface area contributed by atoms with Crippen LogP contribution < -0.4 is 15.4 Å². The highest BCUT2D eigenvalue weighted by molar-refractivity contribution is 7.89. The smallest absolute Gasteiger partial charge is 0.314 e. The fraction of sp³-hybridized carbons (Fsp3) is 0.526. The first-order valence-electron chi connectivity index (χ1n) is 18.3. The number of nitrogens with zero attached hydrogens (tertiary/aromatic N) is 2. The van der Waals surface area contributed by atoms with E-state index in [0.29, 0.717) is 23.4 Å². The molecule has 2 aliphatic rings. The molecule has 2 amide bonds. The Labute approximate surface area is 321 Å². The van der Waals surface area contributed by atoms with Gasteiger partial charge in [-0.2, -0.15) is 4.31 Å². The summed E-state index contributed by atoms with van der Waals surface area (Å²) in [7, 11) is -3.94. The molecular formula is C38H51ClN4O10S. The minimum atomic E-state index is -3.94. The number of aliphatic hydroxyl groups excluding tert-OH is 5. The van der Waals surface area contributed by atoms with E-state index in [1.807, 2.05) is 36.5 Å². The summed E-state index contributed by atoms with van der Waals surface area (Å²) in [4.78, 5) is 16.7. The number of unbranched alkanes of at least 4 members (excludes halogenated alkanes) is 1. The Hall–Kier alpha value is -3.38. The van der Waals surface area contributed by atoms with Gasteiger partial charge in [-0.3, -0.25) is 4.98 Å². The number of amides is 2. The molecule has 2 saturated carbocycles. The maximum absolute atomic E-state index is 13.9. The van der Waals surface area contributed by atoms with Crippen molar-refractivity contribution in [1.29, 1.82) is 0 Å². The fourth-order valence-corrected chi connectivity index (χ4v) is 8.02. The molecule has 0 saturated heterocycles. The van der Waals surface area contributed by atoms with Crippen LogP contribution in [0.15, 0.2) is 65.8 Å². The second kappa shape index (κ2) is 18.5. The SMILES string of the molecule is CC(C)N(CCCCNC(=O)NCC(O)C(O)C(O)C(O)CO)S(=O)(=O)c1ccc(Cl)c(COC2(c3cnccc3-c3ccccc3OC3CC3)CC2)c1. The van der Waals surface area contributed by atoms with Crippen LogP contribution in [-0.2, 0) is 27.0 Å². The lowest BCUT2D eigenvalue weighted by molar-refractivity contribution is -0.113. The van der Waals surface area contributed by atoms with Crippen molar-refractivity contribution in [2.75, 3.05) is 26.2 Å². The monoisotopic (exact) mass is 790 g/mol. The highest BCUT2D eigenvalue weighted by Crippen LogP contribution is 2.53. The summed E-state index contributed by atoms with van der Waals surface area (Å²) in [5.74, 6) is 0.824. The van der Waals surface area contributed by atoms with Gasteiger partial charge in [0.1, 0.15) is 24.1 Å². The maximum atomic E-state index is 13.9. The molecular weight excluding hydrogens is 740 g/mol. The Morgan fingerprint density at radius 3 is 2.41 bits per heavy atom. The number of pyridine rings is 1. The molecule has 2 fully saturated rings. The van der Waals surface area contributed by atoms with E-state index in [2.05, 4.69) is 15.6 Å². The van der Waals surface area contributed by atoms with Crippen LogP contribution in [0.2, 0.25) is 5.02 Å². The van der Waals surface area contributed by atoms with E-state index in [1.165, 1.54) is 10.4 Å². The van der Waals surface area contributed by atoms with Gasteiger partial charge >= 0.3 is 6.03 Å². The van der Waals surface area contributed by atoms with Crippen molar-refractivity contribution in [3.05, 3.63) is 77.1 Å². The third-order valence-corrected chi connectivity index (χ3v) is 12.0. The Morgan fingerprint density at radius 2 is 1.72 bits per heavy atom. The Bertz CT molecular complexity index is 1830. The normalized spacial score (nSPS) is 17.5. The Kier molecular flexibility index (Phi) is 14.3. The summed E-state index contributed by atoms with van der Waals surface area (Å²) in [5.41, 5.74) is 2.84. The zero-order valence-corrected chi connectivity index (χ0v) is 32.0.